The van der Waals surface area contributed by atoms with E-state index in [4.69, 9.17) is 0 Å². The summed E-state index contributed by atoms with van der Waals surface area (Å²) in [5, 5.41) is 2.88. The normalized spacial score (nSPS) is 10.3. The number of nitrogens with one attached hydrogen (secondary N) is 1. The summed E-state index contributed by atoms with van der Waals surface area (Å²) in [4.78, 5) is 25.8. The molecule has 126 valence electrons. The quantitative estimate of drug-likeness (QED) is 0.913. The van der Waals surface area contributed by atoms with Crippen LogP contribution in [0.3, 0.4) is 0 Å². The first-order chi connectivity index (χ1) is 11.3. The van der Waals surface area contributed by atoms with Gasteiger partial charge >= 0.3 is 0 Å². The van der Waals surface area contributed by atoms with Gasteiger partial charge in [-0.3, -0.25) is 9.59 Å². The lowest BCUT2D eigenvalue weighted by molar-refractivity contribution is -0.133. The van der Waals surface area contributed by atoms with Crippen LogP contribution in [0.2, 0.25) is 0 Å². The summed E-state index contributed by atoms with van der Waals surface area (Å²) in [6.45, 7) is 7.94. The Morgan fingerprint density at radius 3 is 2.21 bits per heavy atom. The van der Waals surface area contributed by atoms with E-state index in [-0.39, 0.29) is 18.4 Å². The fourth-order valence-corrected chi connectivity index (χ4v) is 2.69. The third kappa shape index (κ3) is 4.95. The molecule has 2 aromatic carbocycles. The third-order valence-electron chi connectivity index (χ3n) is 3.91. The van der Waals surface area contributed by atoms with Crippen LogP contribution in [-0.4, -0.2) is 23.3 Å². The van der Waals surface area contributed by atoms with Gasteiger partial charge in [0.25, 0.3) is 0 Å². The van der Waals surface area contributed by atoms with Gasteiger partial charge in [-0.1, -0.05) is 30.3 Å². The van der Waals surface area contributed by atoms with Crippen LogP contribution in [0.25, 0.3) is 0 Å². The molecule has 0 saturated heterocycles. The molecule has 2 amide bonds. The first kappa shape index (κ1) is 17.7. The molecule has 0 atom stereocenters. The number of hydrogen-bond acceptors (Lipinski definition) is 2. The van der Waals surface area contributed by atoms with E-state index in [0.717, 1.165) is 27.9 Å². The van der Waals surface area contributed by atoms with Gasteiger partial charge in [-0.25, -0.2) is 0 Å². The maximum Gasteiger partial charge on any atom is 0.244 e. The monoisotopic (exact) mass is 324 g/mol. The third-order valence-corrected chi connectivity index (χ3v) is 3.91. The molecule has 0 radical (unpaired) electrons. The zero-order valence-electron chi connectivity index (χ0n) is 14.7. The molecule has 2 rings (SSSR count). The summed E-state index contributed by atoms with van der Waals surface area (Å²) < 4.78 is 0. The molecule has 0 spiro atoms. The maximum absolute atomic E-state index is 12.3. The van der Waals surface area contributed by atoms with Gasteiger partial charge in [-0.05, 0) is 55.2 Å². The number of hydrogen-bond donors (Lipinski definition) is 1. The Balaban J connectivity index is 2.06. The summed E-state index contributed by atoms with van der Waals surface area (Å²) >= 11 is 0. The molecule has 2 aromatic rings. The van der Waals surface area contributed by atoms with Crippen LogP contribution in [0.5, 0.6) is 0 Å². The Morgan fingerprint density at radius 2 is 1.62 bits per heavy atom. The minimum atomic E-state index is -0.191. The van der Waals surface area contributed by atoms with Gasteiger partial charge < -0.3 is 10.2 Å². The number of anilines is 1. The summed E-state index contributed by atoms with van der Waals surface area (Å²) in [5.41, 5.74) is 5.10. The molecule has 0 unspecified atom stereocenters. The summed E-state index contributed by atoms with van der Waals surface area (Å²) in [6, 6.07) is 13.8. The van der Waals surface area contributed by atoms with Crippen LogP contribution in [0.15, 0.2) is 42.5 Å². The highest BCUT2D eigenvalue weighted by Crippen LogP contribution is 2.14. The number of rotatable bonds is 5. The Morgan fingerprint density at radius 1 is 1.00 bits per heavy atom. The van der Waals surface area contributed by atoms with E-state index in [0.29, 0.717) is 6.54 Å². The summed E-state index contributed by atoms with van der Waals surface area (Å²) in [6.07, 6.45) is 0. The summed E-state index contributed by atoms with van der Waals surface area (Å²) in [7, 11) is 0. The number of carbonyl (C=O) groups is 2. The predicted octanol–water partition coefficient (Wildman–Crippen LogP) is 3.60. The molecular formula is C20H24N2O2. The fraction of sp³-hybridized carbons (Fsp3) is 0.300. The Bertz CT molecular complexity index is 733. The fourth-order valence-electron chi connectivity index (χ4n) is 2.69. The van der Waals surface area contributed by atoms with Crippen molar-refractivity contribution in [3.8, 4) is 0 Å². The molecule has 0 fully saturated rings. The van der Waals surface area contributed by atoms with Crippen molar-refractivity contribution in [1.82, 2.24) is 4.90 Å². The molecule has 24 heavy (non-hydrogen) atoms. The van der Waals surface area contributed by atoms with Crippen molar-refractivity contribution in [1.29, 1.82) is 0 Å². The molecule has 4 nitrogen and oxygen atoms in total. The Labute approximate surface area is 143 Å². The molecule has 0 aliphatic heterocycles. The SMILES string of the molecule is CC(=O)N(CC(=O)Nc1cc(C)cc(C)c1)Cc1ccccc1C. The van der Waals surface area contributed by atoms with E-state index in [1.54, 1.807) is 4.90 Å². The highest BCUT2D eigenvalue weighted by molar-refractivity contribution is 5.94. The van der Waals surface area contributed by atoms with Gasteiger partial charge in [0.1, 0.15) is 6.54 Å². The van der Waals surface area contributed by atoms with Crippen molar-refractivity contribution in [2.45, 2.75) is 34.2 Å². The second-order valence-corrected chi connectivity index (χ2v) is 6.23. The first-order valence-corrected chi connectivity index (χ1v) is 8.03. The molecule has 4 heteroatoms. The second kappa shape index (κ2) is 7.77. The van der Waals surface area contributed by atoms with Crippen molar-refractivity contribution >= 4 is 17.5 Å². The van der Waals surface area contributed by atoms with Crippen LogP contribution in [0.4, 0.5) is 5.69 Å². The van der Waals surface area contributed by atoms with Crippen LogP contribution >= 0.6 is 0 Å². The lowest BCUT2D eigenvalue weighted by atomic mass is 10.1. The van der Waals surface area contributed by atoms with Gasteiger partial charge in [-0.15, -0.1) is 0 Å². The molecule has 0 aliphatic carbocycles. The number of amides is 2. The van der Waals surface area contributed by atoms with Crippen molar-refractivity contribution < 1.29 is 9.59 Å². The Kier molecular flexibility index (Phi) is 5.74. The second-order valence-electron chi connectivity index (χ2n) is 6.23. The lowest BCUT2D eigenvalue weighted by Gasteiger charge is -2.21. The zero-order chi connectivity index (χ0) is 17.7. The van der Waals surface area contributed by atoms with Gasteiger partial charge in [0.05, 0.1) is 0 Å². The van der Waals surface area contributed by atoms with E-state index in [1.165, 1.54) is 6.92 Å². The molecular weight excluding hydrogens is 300 g/mol. The molecule has 0 aromatic heterocycles. The van der Waals surface area contributed by atoms with Gasteiger partial charge in [0, 0.05) is 19.2 Å². The van der Waals surface area contributed by atoms with Crippen molar-refractivity contribution in [2.24, 2.45) is 0 Å². The molecule has 0 saturated carbocycles. The lowest BCUT2D eigenvalue weighted by Crippen LogP contribution is -2.36. The molecule has 1 N–H and O–H groups in total. The van der Waals surface area contributed by atoms with Crippen LogP contribution in [-0.2, 0) is 16.1 Å². The molecule has 0 bridgehead atoms. The number of carbonyl (C=O) groups excluding carboxylic acids is 2. The standard InChI is InChI=1S/C20H24N2O2/c1-14-9-15(2)11-19(10-14)21-20(24)13-22(17(4)23)12-18-8-6-5-7-16(18)3/h5-11H,12-13H2,1-4H3,(H,21,24). The van der Waals surface area contributed by atoms with E-state index in [9.17, 15) is 9.59 Å². The predicted molar refractivity (Wildman–Crippen MR) is 96.8 cm³/mol. The average molecular weight is 324 g/mol. The molecule has 0 aliphatic rings. The average Bonchev–Trinajstić information content (AvgIpc) is 2.47. The van der Waals surface area contributed by atoms with Gasteiger partial charge in [0.15, 0.2) is 0 Å². The van der Waals surface area contributed by atoms with Crippen LogP contribution in [0.1, 0.15) is 29.2 Å². The highest BCUT2D eigenvalue weighted by atomic mass is 16.2. The minimum absolute atomic E-state index is 0.0384. The van der Waals surface area contributed by atoms with E-state index >= 15 is 0 Å². The van der Waals surface area contributed by atoms with E-state index in [2.05, 4.69) is 11.4 Å². The summed E-state index contributed by atoms with van der Waals surface area (Å²) in [5.74, 6) is -0.308. The zero-order valence-corrected chi connectivity index (χ0v) is 14.7. The van der Waals surface area contributed by atoms with Crippen molar-refractivity contribution in [2.75, 3.05) is 11.9 Å². The first-order valence-electron chi connectivity index (χ1n) is 8.03. The number of nitrogens with zero attached hydrogens (tertiary/aromatic N) is 1. The topological polar surface area (TPSA) is 49.4 Å². The van der Waals surface area contributed by atoms with Crippen molar-refractivity contribution in [3.05, 3.63) is 64.7 Å². The molecule has 0 heterocycles. The largest absolute Gasteiger partial charge is 0.329 e. The van der Waals surface area contributed by atoms with E-state index < -0.39 is 0 Å². The number of aryl methyl sites for hydroxylation is 3. The van der Waals surface area contributed by atoms with Crippen molar-refractivity contribution in [3.63, 3.8) is 0 Å². The van der Waals surface area contributed by atoms with Crippen LogP contribution < -0.4 is 5.32 Å². The highest BCUT2D eigenvalue weighted by Gasteiger charge is 2.15. The van der Waals surface area contributed by atoms with Gasteiger partial charge in [-0.2, -0.15) is 0 Å². The van der Waals surface area contributed by atoms with Crippen LogP contribution in [0, 0.1) is 20.8 Å². The van der Waals surface area contributed by atoms with E-state index in [1.807, 2.05) is 57.2 Å². The Hall–Kier alpha value is -2.62. The van der Waals surface area contributed by atoms with Gasteiger partial charge in [0.2, 0.25) is 11.8 Å². The maximum atomic E-state index is 12.3. The minimum Gasteiger partial charge on any atom is -0.329 e. The smallest absolute Gasteiger partial charge is 0.244 e. The number of benzene rings is 2.